The molecule has 0 aliphatic heterocycles. The van der Waals surface area contributed by atoms with E-state index in [0.717, 1.165) is 25.7 Å². The molecule has 0 unspecified atom stereocenters. The van der Waals surface area contributed by atoms with Crippen LogP contribution in [-0.2, 0) is 6.54 Å². The van der Waals surface area contributed by atoms with Crippen LogP contribution in [0.2, 0.25) is 0 Å². The highest BCUT2D eigenvalue weighted by atomic mass is 32.1. The fourth-order valence-electron chi connectivity index (χ4n) is 3.05. The lowest BCUT2D eigenvalue weighted by Gasteiger charge is -2.38. The Morgan fingerprint density at radius 2 is 2.00 bits per heavy atom. The standard InChI is InChI=1S/C17H30N2S/c1-14-5-6-16(20-14)13-18-11-12-19(4)15-7-9-17(2,3)10-8-15/h5-6,15,18H,7-13H2,1-4H3. The van der Waals surface area contributed by atoms with Crippen LogP contribution in [0.1, 0.15) is 49.3 Å². The summed E-state index contributed by atoms with van der Waals surface area (Å²) in [5.74, 6) is 0. The maximum atomic E-state index is 3.57. The van der Waals surface area contributed by atoms with Crippen molar-refractivity contribution >= 4 is 11.3 Å². The molecule has 1 aromatic rings. The van der Waals surface area contributed by atoms with Crippen molar-refractivity contribution in [3.8, 4) is 0 Å². The summed E-state index contributed by atoms with van der Waals surface area (Å²) in [7, 11) is 2.29. The second-order valence-electron chi connectivity index (χ2n) is 7.07. The van der Waals surface area contributed by atoms with Crippen LogP contribution in [0.5, 0.6) is 0 Å². The van der Waals surface area contributed by atoms with E-state index in [1.165, 1.54) is 35.4 Å². The van der Waals surface area contributed by atoms with Gasteiger partial charge in [-0.1, -0.05) is 13.8 Å². The lowest BCUT2D eigenvalue weighted by molar-refractivity contribution is 0.128. The van der Waals surface area contributed by atoms with E-state index in [4.69, 9.17) is 0 Å². The molecule has 0 spiro atoms. The quantitative estimate of drug-likeness (QED) is 0.796. The summed E-state index contributed by atoms with van der Waals surface area (Å²) in [6.07, 6.45) is 5.50. The normalized spacial score (nSPS) is 19.6. The predicted octanol–water partition coefficient (Wildman–Crippen LogP) is 4.05. The van der Waals surface area contributed by atoms with Gasteiger partial charge in [-0.2, -0.15) is 0 Å². The number of rotatable bonds is 6. The summed E-state index contributed by atoms with van der Waals surface area (Å²) in [6.45, 7) is 10.3. The van der Waals surface area contributed by atoms with Crippen LogP contribution in [0.15, 0.2) is 12.1 Å². The molecule has 1 aliphatic rings. The van der Waals surface area contributed by atoms with Gasteiger partial charge in [0.15, 0.2) is 0 Å². The molecule has 3 heteroatoms. The third-order valence-corrected chi connectivity index (χ3v) is 5.67. The van der Waals surface area contributed by atoms with E-state index in [0.29, 0.717) is 5.41 Å². The Labute approximate surface area is 128 Å². The van der Waals surface area contributed by atoms with Crippen molar-refractivity contribution in [1.82, 2.24) is 10.2 Å². The van der Waals surface area contributed by atoms with Gasteiger partial charge in [0.05, 0.1) is 0 Å². The Balaban J connectivity index is 1.62. The molecule has 0 atom stereocenters. The maximum absolute atomic E-state index is 3.57. The van der Waals surface area contributed by atoms with Gasteiger partial charge >= 0.3 is 0 Å². The minimum atomic E-state index is 0.576. The molecule has 114 valence electrons. The van der Waals surface area contributed by atoms with E-state index in [2.05, 4.69) is 50.2 Å². The zero-order chi connectivity index (χ0) is 14.6. The highest BCUT2D eigenvalue weighted by Gasteiger charge is 2.28. The summed E-state index contributed by atoms with van der Waals surface area (Å²) < 4.78 is 0. The molecule has 0 saturated heterocycles. The van der Waals surface area contributed by atoms with Crippen LogP contribution in [-0.4, -0.2) is 31.1 Å². The van der Waals surface area contributed by atoms with Crippen molar-refractivity contribution in [2.45, 2.75) is 59.0 Å². The maximum Gasteiger partial charge on any atom is 0.0300 e. The van der Waals surface area contributed by atoms with E-state index >= 15 is 0 Å². The lowest BCUT2D eigenvalue weighted by atomic mass is 9.75. The van der Waals surface area contributed by atoms with E-state index in [1.807, 2.05) is 11.3 Å². The van der Waals surface area contributed by atoms with Gasteiger partial charge in [-0.25, -0.2) is 0 Å². The third-order valence-electron chi connectivity index (χ3n) is 4.67. The second kappa shape index (κ2) is 7.06. The number of nitrogens with zero attached hydrogens (tertiary/aromatic N) is 1. The minimum Gasteiger partial charge on any atom is -0.311 e. The lowest BCUT2D eigenvalue weighted by Crippen LogP contribution is -2.40. The van der Waals surface area contributed by atoms with Crippen molar-refractivity contribution in [2.24, 2.45) is 5.41 Å². The molecule has 0 radical (unpaired) electrons. The number of hydrogen-bond donors (Lipinski definition) is 1. The van der Waals surface area contributed by atoms with Gasteiger partial charge in [0, 0.05) is 35.4 Å². The topological polar surface area (TPSA) is 15.3 Å². The Bertz CT molecular complexity index is 401. The molecule has 1 saturated carbocycles. The van der Waals surface area contributed by atoms with Gasteiger partial charge in [-0.3, -0.25) is 0 Å². The molecule has 0 aromatic carbocycles. The van der Waals surface area contributed by atoms with Gasteiger partial charge in [0.2, 0.25) is 0 Å². The zero-order valence-electron chi connectivity index (χ0n) is 13.5. The first-order valence-corrected chi connectivity index (χ1v) is 8.74. The van der Waals surface area contributed by atoms with Crippen LogP contribution in [0.25, 0.3) is 0 Å². The molecule has 2 nitrogen and oxygen atoms in total. The van der Waals surface area contributed by atoms with Crippen molar-refractivity contribution < 1.29 is 0 Å². The van der Waals surface area contributed by atoms with E-state index in [1.54, 1.807) is 0 Å². The van der Waals surface area contributed by atoms with Crippen LogP contribution < -0.4 is 5.32 Å². The average Bonchev–Trinajstić information content (AvgIpc) is 2.80. The van der Waals surface area contributed by atoms with Crippen molar-refractivity contribution in [3.05, 3.63) is 21.9 Å². The molecule has 1 heterocycles. The van der Waals surface area contributed by atoms with Gasteiger partial charge in [-0.05, 0) is 57.2 Å². The summed E-state index contributed by atoms with van der Waals surface area (Å²) in [6, 6.07) is 5.24. The van der Waals surface area contributed by atoms with E-state index < -0.39 is 0 Å². The highest BCUT2D eigenvalue weighted by Crippen LogP contribution is 2.36. The molecule has 0 amide bonds. The van der Waals surface area contributed by atoms with Gasteiger partial charge in [0.1, 0.15) is 0 Å². The van der Waals surface area contributed by atoms with Crippen molar-refractivity contribution in [3.63, 3.8) is 0 Å². The van der Waals surface area contributed by atoms with Crippen LogP contribution in [0.3, 0.4) is 0 Å². The van der Waals surface area contributed by atoms with Crippen molar-refractivity contribution in [2.75, 3.05) is 20.1 Å². The van der Waals surface area contributed by atoms with Gasteiger partial charge in [0.25, 0.3) is 0 Å². The molecule has 1 aliphatic carbocycles. The number of hydrogen-bond acceptors (Lipinski definition) is 3. The Morgan fingerprint density at radius 3 is 2.60 bits per heavy atom. The largest absolute Gasteiger partial charge is 0.311 e. The Kier molecular flexibility index (Phi) is 5.65. The summed E-state index contributed by atoms with van der Waals surface area (Å²) in [4.78, 5) is 5.41. The van der Waals surface area contributed by atoms with E-state index in [9.17, 15) is 0 Å². The fraction of sp³-hybridized carbons (Fsp3) is 0.765. The molecular formula is C17H30N2S. The Morgan fingerprint density at radius 1 is 1.30 bits per heavy atom. The molecule has 1 N–H and O–H groups in total. The van der Waals surface area contributed by atoms with Crippen LogP contribution >= 0.6 is 11.3 Å². The average molecular weight is 295 g/mol. The van der Waals surface area contributed by atoms with Gasteiger partial charge < -0.3 is 10.2 Å². The van der Waals surface area contributed by atoms with Crippen LogP contribution in [0.4, 0.5) is 0 Å². The molecule has 0 bridgehead atoms. The SMILES string of the molecule is Cc1ccc(CNCCN(C)C2CCC(C)(C)CC2)s1. The Hall–Kier alpha value is -0.380. The minimum absolute atomic E-state index is 0.576. The molecule has 2 rings (SSSR count). The fourth-order valence-corrected chi connectivity index (χ4v) is 3.91. The molecule has 1 fully saturated rings. The number of thiophene rings is 1. The molecular weight excluding hydrogens is 264 g/mol. The monoisotopic (exact) mass is 294 g/mol. The second-order valence-corrected chi connectivity index (χ2v) is 8.44. The predicted molar refractivity (Wildman–Crippen MR) is 89.4 cm³/mol. The number of nitrogens with one attached hydrogen (secondary N) is 1. The first kappa shape index (κ1) is 16.0. The summed E-state index contributed by atoms with van der Waals surface area (Å²) in [5.41, 5.74) is 0.576. The zero-order valence-corrected chi connectivity index (χ0v) is 14.4. The summed E-state index contributed by atoms with van der Waals surface area (Å²) in [5, 5.41) is 3.57. The van der Waals surface area contributed by atoms with Crippen LogP contribution in [0, 0.1) is 12.3 Å². The molecule has 20 heavy (non-hydrogen) atoms. The first-order chi connectivity index (χ1) is 9.46. The van der Waals surface area contributed by atoms with Crippen molar-refractivity contribution in [1.29, 1.82) is 0 Å². The smallest absolute Gasteiger partial charge is 0.0300 e. The number of aryl methyl sites for hydroxylation is 1. The number of likely N-dealkylation sites (N-methyl/N-ethyl adjacent to an activating group) is 1. The molecule has 1 aromatic heterocycles. The van der Waals surface area contributed by atoms with Gasteiger partial charge in [-0.15, -0.1) is 11.3 Å². The third kappa shape index (κ3) is 4.87. The summed E-state index contributed by atoms with van der Waals surface area (Å²) >= 11 is 1.90. The van der Waals surface area contributed by atoms with E-state index in [-0.39, 0.29) is 0 Å². The first-order valence-electron chi connectivity index (χ1n) is 7.92. The highest BCUT2D eigenvalue weighted by molar-refractivity contribution is 7.11.